The van der Waals surface area contributed by atoms with E-state index in [0.29, 0.717) is 29.3 Å². The van der Waals surface area contributed by atoms with Crippen LogP contribution in [0.2, 0.25) is 5.02 Å². The molecule has 25 heavy (non-hydrogen) atoms. The molecule has 0 aliphatic rings. The molecule has 0 aliphatic carbocycles. The third-order valence-electron chi connectivity index (χ3n) is 3.72. The highest BCUT2D eigenvalue weighted by Gasteiger charge is 2.08. The summed E-state index contributed by atoms with van der Waals surface area (Å²) < 4.78 is 0. The number of carbonyl (C=O) groups is 1. The molecule has 1 heterocycles. The van der Waals surface area contributed by atoms with Crippen molar-refractivity contribution in [3.8, 4) is 0 Å². The zero-order valence-corrected chi connectivity index (χ0v) is 14.3. The van der Waals surface area contributed by atoms with E-state index in [0.717, 1.165) is 11.4 Å². The molecule has 0 radical (unpaired) electrons. The van der Waals surface area contributed by atoms with Crippen LogP contribution in [0.5, 0.6) is 0 Å². The first-order valence-corrected chi connectivity index (χ1v) is 8.26. The maximum Gasteiger partial charge on any atom is 0.251 e. The molecule has 0 saturated carbocycles. The maximum atomic E-state index is 12.0. The van der Waals surface area contributed by atoms with Crippen LogP contribution >= 0.6 is 11.6 Å². The van der Waals surface area contributed by atoms with Crippen LogP contribution in [0.4, 0.5) is 5.69 Å². The van der Waals surface area contributed by atoms with Crippen molar-refractivity contribution < 1.29 is 4.79 Å². The molecule has 1 amide bonds. The molecule has 0 spiro atoms. The number of aromatic nitrogens is 3. The van der Waals surface area contributed by atoms with Crippen molar-refractivity contribution in [3.05, 3.63) is 76.3 Å². The smallest absolute Gasteiger partial charge is 0.251 e. The van der Waals surface area contributed by atoms with Crippen LogP contribution < -0.4 is 11.1 Å². The molecular weight excluding hydrogens is 338 g/mol. The SMILES string of the molecule is Nc1ccc(C(=O)NCc2nc(CCc3ccc(Cl)cc3)n[nH]2)cc1. The minimum absolute atomic E-state index is 0.181. The molecule has 0 fully saturated rings. The zero-order valence-electron chi connectivity index (χ0n) is 13.5. The van der Waals surface area contributed by atoms with E-state index in [2.05, 4.69) is 20.5 Å². The van der Waals surface area contributed by atoms with Crippen LogP contribution in [0, 0.1) is 0 Å². The average Bonchev–Trinajstić information content (AvgIpc) is 3.08. The van der Waals surface area contributed by atoms with Gasteiger partial charge in [-0.3, -0.25) is 9.89 Å². The Bertz CT molecular complexity index is 843. The first-order valence-electron chi connectivity index (χ1n) is 7.88. The van der Waals surface area contributed by atoms with Crippen molar-refractivity contribution >= 4 is 23.2 Å². The Labute approximate surface area is 150 Å². The number of hydrogen-bond donors (Lipinski definition) is 3. The van der Waals surface area contributed by atoms with Gasteiger partial charge in [-0.05, 0) is 48.4 Å². The lowest BCUT2D eigenvalue weighted by molar-refractivity contribution is 0.0950. The van der Waals surface area contributed by atoms with Gasteiger partial charge in [-0.1, -0.05) is 23.7 Å². The molecule has 0 bridgehead atoms. The first kappa shape index (κ1) is 17.0. The van der Waals surface area contributed by atoms with Crippen LogP contribution in [-0.4, -0.2) is 21.1 Å². The van der Waals surface area contributed by atoms with Gasteiger partial charge in [-0.15, -0.1) is 0 Å². The number of nitrogens with one attached hydrogen (secondary N) is 2. The number of hydrogen-bond acceptors (Lipinski definition) is 4. The van der Waals surface area contributed by atoms with E-state index in [1.807, 2.05) is 24.3 Å². The van der Waals surface area contributed by atoms with Gasteiger partial charge in [-0.25, -0.2) is 4.98 Å². The van der Waals surface area contributed by atoms with E-state index in [-0.39, 0.29) is 12.5 Å². The van der Waals surface area contributed by atoms with E-state index in [9.17, 15) is 4.79 Å². The summed E-state index contributed by atoms with van der Waals surface area (Å²) in [5, 5.41) is 10.6. The monoisotopic (exact) mass is 355 g/mol. The zero-order chi connectivity index (χ0) is 17.6. The Morgan fingerprint density at radius 2 is 1.80 bits per heavy atom. The lowest BCUT2D eigenvalue weighted by Crippen LogP contribution is -2.23. The minimum atomic E-state index is -0.181. The fourth-order valence-corrected chi connectivity index (χ4v) is 2.46. The predicted molar refractivity (Wildman–Crippen MR) is 97.3 cm³/mol. The molecule has 2 aromatic carbocycles. The lowest BCUT2D eigenvalue weighted by atomic mass is 10.1. The number of aryl methyl sites for hydroxylation is 2. The third kappa shape index (κ3) is 4.81. The van der Waals surface area contributed by atoms with Gasteiger partial charge < -0.3 is 11.1 Å². The summed E-state index contributed by atoms with van der Waals surface area (Å²) in [6.45, 7) is 0.289. The van der Waals surface area contributed by atoms with Crippen LogP contribution in [0.15, 0.2) is 48.5 Å². The summed E-state index contributed by atoms with van der Waals surface area (Å²) >= 11 is 5.87. The summed E-state index contributed by atoms with van der Waals surface area (Å²) in [5.74, 6) is 1.15. The van der Waals surface area contributed by atoms with Crippen molar-refractivity contribution in [1.29, 1.82) is 0 Å². The second kappa shape index (κ2) is 7.81. The van der Waals surface area contributed by atoms with Gasteiger partial charge >= 0.3 is 0 Å². The molecular formula is C18H18ClN5O. The number of nitrogen functional groups attached to an aromatic ring is 1. The molecule has 128 valence electrons. The highest BCUT2D eigenvalue weighted by Crippen LogP contribution is 2.11. The summed E-state index contributed by atoms with van der Waals surface area (Å²) in [6.07, 6.45) is 1.54. The largest absolute Gasteiger partial charge is 0.399 e. The second-order valence-electron chi connectivity index (χ2n) is 5.63. The number of aromatic amines is 1. The molecule has 1 aromatic heterocycles. The fraction of sp³-hybridized carbons (Fsp3) is 0.167. The van der Waals surface area contributed by atoms with E-state index in [1.54, 1.807) is 24.3 Å². The number of anilines is 1. The van der Waals surface area contributed by atoms with Crippen LogP contribution in [0.1, 0.15) is 27.6 Å². The van der Waals surface area contributed by atoms with Gasteiger partial charge in [0.25, 0.3) is 5.91 Å². The van der Waals surface area contributed by atoms with Crippen molar-refractivity contribution in [2.24, 2.45) is 0 Å². The molecule has 3 rings (SSSR count). The quantitative estimate of drug-likeness (QED) is 0.592. The van der Waals surface area contributed by atoms with Crippen LogP contribution in [0.3, 0.4) is 0 Å². The standard InChI is InChI=1S/C18H18ClN5O/c19-14-6-1-12(2-7-14)3-10-16-22-17(24-23-16)11-21-18(25)13-4-8-15(20)9-5-13/h1-2,4-9H,3,10-11,20H2,(H,21,25)(H,22,23,24). The van der Waals surface area contributed by atoms with Gasteiger partial charge in [0.1, 0.15) is 5.82 Å². The Hall–Kier alpha value is -2.86. The molecule has 0 atom stereocenters. The average molecular weight is 356 g/mol. The number of carbonyl (C=O) groups excluding carboxylic acids is 1. The Morgan fingerprint density at radius 3 is 2.52 bits per heavy atom. The van der Waals surface area contributed by atoms with E-state index >= 15 is 0 Å². The summed E-state index contributed by atoms with van der Waals surface area (Å²) in [6, 6.07) is 14.5. The Kier molecular flexibility index (Phi) is 5.30. The number of amides is 1. The number of nitrogens with zero attached hydrogens (tertiary/aromatic N) is 2. The van der Waals surface area contributed by atoms with E-state index < -0.39 is 0 Å². The van der Waals surface area contributed by atoms with Crippen molar-refractivity contribution in [1.82, 2.24) is 20.5 Å². The number of benzene rings is 2. The molecule has 0 unspecified atom stereocenters. The summed E-state index contributed by atoms with van der Waals surface area (Å²) in [5.41, 5.74) is 7.96. The number of H-pyrrole nitrogens is 1. The minimum Gasteiger partial charge on any atom is -0.399 e. The lowest BCUT2D eigenvalue weighted by Gasteiger charge is -2.03. The molecule has 6 nitrogen and oxygen atoms in total. The van der Waals surface area contributed by atoms with Gasteiger partial charge in [0.05, 0.1) is 6.54 Å². The van der Waals surface area contributed by atoms with Crippen LogP contribution in [-0.2, 0) is 19.4 Å². The highest BCUT2D eigenvalue weighted by molar-refractivity contribution is 6.30. The van der Waals surface area contributed by atoms with E-state index in [4.69, 9.17) is 17.3 Å². The van der Waals surface area contributed by atoms with Crippen molar-refractivity contribution in [2.75, 3.05) is 5.73 Å². The van der Waals surface area contributed by atoms with Crippen LogP contribution in [0.25, 0.3) is 0 Å². The second-order valence-corrected chi connectivity index (χ2v) is 6.07. The molecule has 7 heteroatoms. The number of rotatable bonds is 6. The summed E-state index contributed by atoms with van der Waals surface area (Å²) in [4.78, 5) is 16.4. The van der Waals surface area contributed by atoms with E-state index in [1.165, 1.54) is 5.56 Å². The Balaban J connectivity index is 1.50. The topological polar surface area (TPSA) is 96.7 Å². The maximum absolute atomic E-state index is 12.0. The fourth-order valence-electron chi connectivity index (χ4n) is 2.33. The highest BCUT2D eigenvalue weighted by atomic mass is 35.5. The summed E-state index contributed by atoms with van der Waals surface area (Å²) in [7, 11) is 0. The Morgan fingerprint density at radius 1 is 1.08 bits per heavy atom. The molecule has 0 aliphatic heterocycles. The normalized spacial score (nSPS) is 10.6. The predicted octanol–water partition coefficient (Wildman–Crippen LogP) is 2.76. The van der Waals surface area contributed by atoms with Crippen molar-refractivity contribution in [2.45, 2.75) is 19.4 Å². The number of halogens is 1. The molecule has 4 N–H and O–H groups in total. The van der Waals surface area contributed by atoms with Gasteiger partial charge in [0, 0.05) is 22.7 Å². The van der Waals surface area contributed by atoms with Gasteiger partial charge in [-0.2, -0.15) is 5.10 Å². The molecule has 3 aromatic rings. The number of nitrogens with two attached hydrogens (primary N) is 1. The van der Waals surface area contributed by atoms with Crippen molar-refractivity contribution in [3.63, 3.8) is 0 Å². The first-order chi connectivity index (χ1) is 12.1. The third-order valence-corrected chi connectivity index (χ3v) is 3.97. The van der Waals surface area contributed by atoms with Gasteiger partial charge in [0.15, 0.2) is 5.82 Å². The molecule has 0 saturated heterocycles. The van der Waals surface area contributed by atoms with Gasteiger partial charge in [0.2, 0.25) is 0 Å².